The van der Waals surface area contributed by atoms with Gasteiger partial charge in [-0.05, 0) is 45.4 Å². The lowest BCUT2D eigenvalue weighted by Gasteiger charge is -2.14. The number of benzene rings is 1. The first-order valence-electron chi connectivity index (χ1n) is 7.73. The minimum absolute atomic E-state index is 0.00347. The minimum Gasteiger partial charge on any atom is -0.451 e. The predicted octanol–water partition coefficient (Wildman–Crippen LogP) is 2.93. The van der Waals surface area contributed by atoms with Crippen LogP contribution in [0.15, 0.2) is 33.5 Å². The van der Waals surface area contributed by atoms with E-state index in [2.05, 4.69) is 15.5 Å². The number of carbonyl (C=O) groups is 1. The zero-order valence-electron chi connectivity index (χ0n) is 14.1. The molecular formula is C18H19N3O3. The fourth-order valence-corrected chi connectivity index (χ4v) is 2.91. The molecule has 0 saturated heterocycles. The summed E-state index contributed by atoms with van der Waals surface area (Å²) in [5.74, 6) is -0.424. The van der Waals surface area contributed by atoms with E-state index in [9.17, 15) is 9.59 Å². The molecule has 0 fully saturated rings. The van der Waals surface area contributed by atoms with Crippen LogP contribution in [0.2, 0.25) is 0 Å². The lowest BCUT2D eigenvalue weighted by atomic mass is 10.1. The third kappa shape index (κ3) is 2.82. The number of aryl methyl sites for hydroxylation is 3. The van der Waals surface area contributed by atoms with Crippen LogP contribution in [0.3, 0.4) is 0 Å². The molecular weight excluding hydrogens is 306 g/mol. The van der Waals surface area contributed by atoms with E-state index < -0.39 is 5.91 Å². The van der Waals surface area contributed by atoms with Gasteiger partial charge >= 0.3 is 0 Å². The second kappa shape index (κ2) is 5.96. The van der Waals surface area contributed by atoms with E-state index in [-0.39, 0.29) is 17.2 Å². The lowest BCUT2D eigenvalue weighted by molar-refractivity contribution is 0.0912. The first kappa shape index (κ1) is 16.0. The summed E-state index contributed by atoms with van der Waals surface area (Å²) in [5.41, 5.74) is 3.80. The molecule has 3 aromatic rings. The van der Waals surface area contributed by atoms with Crippen LogP contribution < -0.4 is 10.7 Å². The highest BCUT2D eigenvalue weighted by molar-refractivity contribution is 5.93. The van der Waals surface area contributed by atoms with Gasteiger partial charge in [-0.1, -0.05) is 6.07 Å². The zero-order chi connectivity index (χ0) is 17.4. The average molecular weight is 325 g/mol. The summed E-state index contributed by atoms with van der Waals surface area (Å²) in [4.78, 5) is 24.7. The molecule has 2 aromatic heterocycles. The van der Waals surface area contributed by atoms with Crippen molar-refractivity contribution in [3.8, 4) is 0 Å². The van der Waals surface area contributed by atoms with E-state index in [1.54, 1.807) is 12.1 Å². The minimum atomic E-state index is -0.428. The van der Waals surface area contributed by atoms with E-state index in [4.69, 9.17) is 4.42 Å². The van der Waals surface area contributed by atoms with Crippen LogP contribution in [0, 0.1) is 20.8 Å². The van der Waals surface area contributed by atoms with Crippen molar-refractivity contribution in [2.75, 3.05) is 0 Å². The summed E-state index contributed by atoms with van der Waals surface area (Å²) in [7, 11) is 0. The quantitative estimate of drug-likeness (QED) is 0.775. The predicted molar refractivity (Wildman–Crippen MR) is 91.2 cm³/mol. The Bertz CT molecular complexity index is 965. The molecule has 0 saturated carbocycles. The Morgan fingerprint density at radius 3 is 2.67 bits per heavy atom. The topological polar surface area (TPSA) is 88.0 Å². The molecule has 1 aromatic carbocycles. The van der Waals surface area contributed by atoms with E-state index in [1.807, 2.05) is 33.8 Å². The molecule has 2 heterocycles. The Hall–Kier alpha value is -2.89. The van der Waals surface area contributed by atoms with Crippen molar-refractivity contribution in [3.63, 3.8) is 0 Å². The summed E-state index contributed by atoms with van der Waals surface area (Å²) >= 11 is 0. The van der Waals surface area contributed by atoms with Gasteiger partial charge in [0.05, 0.1) is 17.1 Å². The van der Waals surface area contributed by atoms with E-state index in [0.29, 0.717) is 11.0 Å². The highest BCUT2D eigenvalue weighted by atomic mass is 16.3. The van der Waals surface area contributed by atoms with Crippen molar-refractivity contribution in [2.24, 2.45) is 0 Å². The number of H-pyrrole nitrogens is 1. The van der Waals surface area contributed by atoms with Crippen molar-refractivity contribution in [1.29, 1.82) is 0 Å². The molecule has 1 atom stereocenters. The third-order valence-electron chi connectivity index (χ3n) is 4.07. The number of hydrogen-bond acceptors (Lipinski definition) is 4. The second-order valence-corrected chi connectivity index (χ2v) is 6.02. The summed E-state index contributed by atoms with van der Waals surface area (Å²) in [6.45, 7) is 7.54. The third-order valence-corrected chi connectivity index (χ3v) is 4.07. The molecule has 0 aliphatic carbocycles. The number of fused-ring (bicyclic) bond motifs is 1. The van der Waals surface area contributed by atoms with Crippen LogP contribution in [0.25, 0.3) is 11.0 Å². The van der Waals surface area contributed by atoms with Crippen LogP contribution in [-0.4, -0.2) is 16.1 Å². The van der Waals surface area contributed by atoms with Crippen LogP contribution in [0.4, 0.5) is 0 Å². The first-order valence-corrected chi connectivity index (χ1v) is 7.73. The molecule has 1 amide bonds. The highest BCUT2D eigenvalue weighted by Gasteiger charge is 2.19. The molecule has 0 unspecified atom stereocenters. The largest absolute Gasteiger partial charge is 0.451 e. The number of hydrogen-bond donors (Lipinski definition) is 2. The van der Waals surface area contributed by atoms with Gasteiger partial charge < -0.3 is 9.73 Å². The van der Waals surface area contributed by atoms with Crippen molar-refractivity contribution >= 4 is 16.9 Å². The number of amides is 1. The highest BCUT2D eigenvalue weighted by Crippen LogP contribution is 2.20. The first-order chi connectivity index (χ1) is 11.4. The molecule has 6 heteroatoms. The number of nitrogens with zero attached hydrogens (tertiary/aromatic N) is 1. The molecule has 2 N–H and O–H groups in total. The van der Waals surface area contributed by atoms with Gasteiger partial charge in [-0.25, -0.2) is 0 Å². The number of rotatable bonds is 3. The Morgan fingerprint density at radius 1 is 1.25 bits per heavy atom. The standard InChI is InChI=1S/C18H19N3O3/c1-9-5-6-13-14(22)8-16(24-15(13)7-9)18(23)19-10(2)17-11(3)20-21-12(17)4/h5-8,10H,1-4H3,(H,19,23)(H,20,21)/t10-/m1/s1. The number of aromatic amines is 1. The molecule has 6 nitrogen and oxygen atoms in total. The number of carbonyl (C=O) groups excluding carboxylic acids is 1. The Kier molecular flexibility index (Phi) is 3.97. The van der Waals surface area contributed by atoms with Crippen LogP contribution in [-0.2, 0) is 0 Å². The lowest BCUT2D eigenvalue weighted by Crippen LogP contribution is -2.28. The second-order valence-electron chi connectivity index (χ2n) is 6.02. The summed E-state index contributed by atoms with van der Waals surface area (Å²) < 4.78 is 5.63. The average Bonchev–Trinajstić information content (AvgIpc) is 2.85. The number of aromatic nitrogens is 2. The molecule has 0 aliphatic heterocycles. The molecule has 0 radical (unpaired) electrons. The summed E-state index contributed by atoms with van der Waals surface area (Å²) in [6.07, 6.45) is 0. The Morgan fingerprint density at radius 2 is 2.00 bits per heavy atom. The van der Waals surface area contributed by atoms with Gasteiger partial charge in [-0.3, -0.25) is 14.7 Å². The normalized spacial score (nSPS) is 12.3. The van der Waals surface area contributed by atoms with Gasteiger partial charge in [0.2, 0.25) is 0 Å². The smallest absolute Gasteiger partial charge is 0.287 e. The van der Waals surface area contributed by atoms with Gasteiger partial charge in [0.15, 0.2) is 11.2 Å². The molecule has 3 rings (SSSR count). The fraction of sp³-hybridized carbons (Fsp3) is 0.278. The molecule has 0 bridgehead atoms. The van der Waals surface area contributed by atoms with Crippen LogP contribution in [0.5, 0.6) is 0 Å². The number of nitrogens with one attached hydrogen (secondary N) is 2. The fourth-order valence-electron chi connectivity index (χ4n) is 2.91. The van der Waals surface area contributed by atoms with Crippen LogP contribution >= 0.6 is 0 Å². The van der Waals surface area contributed by atoms with E-state index in [0.717, 1.165) is 22.5 Å². The summed E-state index contributed by atoms with van der Waals surface area (Å²) in [5, 5.41) is 10.3. The van der Waals surface area contributed by atoms with E-state index >= 15 is 0 Å². The molecule has 0 spiro atoms. The molecule has 0 aliphatic rings. The monoisotopic (exact) mass is 325 g/mol. The maximum absolute atomic E-state index is 12.5. The van der Waals surface area contributed by atoms with Crippen molar-refractivity contribution < 1.29 is 9.21 Å². The Balaban J connectivity index is 1.93. The maximum Gasteiger partial charge on any atom is 0.287 e. The van der Waals surface area contributed by atoms with Crippen molar-refractivity contribution in [1.82, 2.24) is 15.5 Å². The van der Waals surface area contributed by atoms with Gasteiger partial charge in [-0.15, -0.1) is 0 Å². The molecule has 124 valence electrons. The SMILES string of the molecule is Cc1ccc2c(=O)cc(C(=O)N[C@H](C)c3c(C)n[nH]c3C)oc2c1. The zero-order valence-corrected chi connectivity index (χ0v) is 14.1. The van der Waals surface area contributed by atoms with Gasteiger partial charge in [0.1, 0.15) is 5.58 Å². The van der Waals surface area contributed by atoms with Gasteiger partial charge in [0.25, 0.3) is 5.91 Å². The maximum atomic E-state index is 12.5. The van der Waals surface area contributed by atoms with E-state index in [1.165, 1.54) is 6.07 Å². The summed E-state index contributed by atoms with van der Waals surface area (Å²) in [6, 6.07) is 6.27. The van der Waals surface area contributed by atoms with Crippen LogP contribution in [0.1, 0.15) is 46.0 Å². The van der Waals surface area contributed by atoms with Crippen molar-refractivity contribution in [2.45, 2.75) is 33.7 Å². The van der Waals surface area contributed by atoms with Gasteiger partial charge in [0, 0.05) is 17.3 Å². The Labute approximate surface area is 138 Å². The van der Waals surface area contributed by atoms with Gasteiger partial charge in [-0.2, -0.15) is 5.10 Å². The van der Waals surface area contributed by atoms with Crippen molar-refractivity contribution in [3.05, 3.63) is 62.8 Å². The molecule has 24 heavy (non-hydrogen) atoms.